The summed E-state index contributed by atoms with van der Waals surface area (Å²) in [6, 6.07) is 9.17. The molecule has 0 bridgehead atoms. The second-order valence-corrected chi connectivity index (χ2v) is 6.92. The lowest BCUT2D eigenvalue weighted by Crippen LogP contribution is -2.19. The summed E-state index contributed by atoms with van der Waals surface area (Å²) in [7, 11) is 0. The number of rotatable bonds is 0. The third kappa shape index (κ3) is 1.56. The van der Waals surface area contributed by atoms with Crippen LogP contribution in [0.3, 0.4) is 0 Å². The summed E-state index contributed by atoms with van der Waals surface area (Å²) < 4.78 is 0. The van der Waals surface area contributed by atoms with Crippen LogP contribution in [0, 0.1) is 20.3 Å². The Labute approximate surface area is 136 Å². The van der Waals surface area contributed by atoms with Crippen molar-refractivity contribution in [1.29, 1.82) is 0 Å². The number of aryl methyl sites for hydroxylation is 2. The topological polar surface area (TPSA) is 0 Å². The van der Waals surface area contributed by atoms with Crippen molar-refractivity contribution in [3.63, 3.8) is 0 Å². The zero-order valence-corrected chi connectivity index (χ0v) is 13.8. The van der Waals surface area contributed by atoms with Crippen molar-refractivity contribution >= 4 is 33.2 Å². The maximum atomic E-state index is 2.43. The number of fused-ring (bicyclic) bond motifs is 2. The van der Waals surface area contributed by atoms with Gasteiger partial charge in [0.1, 0.15) is 0 Å². The molecule has 0 N–H and O–H groups in total. The highest BCUT2D eigenvalue weighted by molar-refractivity contribution is 6.16. The summed E-state index contributed by atoms with van der Waals surface area (Å²) in [6.45, 7) is 6.75. The van der Waals surface area contributed by atoms with E-state index in [2.05, 4.69) is 69.7 Å². The molecule has 0 aliphatic heterocycles. The molecule has 3 aromatic rings. The Morgan fingerprint density at radius 1 is 0.957 bits per heavy atom. The maximum absolute atomic E-state index is 2.43. The normalized spacial score (nSPS) is 16.1. The lowest BCUT2D eigenvalue weighted by atomic mass is 9.79. The molecule has 111 valence electrons. The lowest BCUT2D eigenvalue weighted by molar-refractivity contribution is 1.23. The van der Waals surface area contributed by atoms with E-state index in [0.29, 0.717) is 0 Å². The molecule has 0 saturated heterocycles. The Morgan fingerprint density at radius 3 is 2.65 bits per heavy atom. The van der Waals surface area contributed by atoms with E-state index in [0.717, 1.165) is 6.42 Å². The van der Waals surface area contributed by atoms with E-state index in [9.17, 15) is 0 Å². The van der Waals surface area contributed by atoms with Crippen molar-refractivity contribution in [2.75, 3.05) is 0 Å². The fourth-order valence-corrected chi connectivity index (χ4v) is 4.34. The zero-order chi connectivity index (χ0) is 15.7. The Balaban J connectivity index is 2.15. The van der Waals surface area contributed by atoms with Gasteiger partial charge in [0.2, 0.25) is 0 Å². The molecule has 0 heteroatoms. The van der Waals surface area contributed by atoms with Crippen molar-refractivity contribution in [3.05, 3.63) is 75.9 Å². The summed E-state index contributed by atoms with van der Waals surface area (Å²) in [6.07, 6.45) is 10.3. The van der Waals surface area contributed by atoms with Gasteiger partial charge in [0.25, 0.3) is 0 Å². The van der Waals surface area contributed by atoms with Crippen molar-refractivity contribution in [2.24, 2.45) is 0 Å². The lowest BCUT2D eigenvalue weighted by Gasteiger charge is -2.25. The van der Waals surface area contributed by atoms with E-state index in [1.165, 1.54) is 60.2 Å². The van der Waals surface area contributed by atoms with Gasteiger partial charge in [-0.3, -0.25) is 0 Å². The molecule has 0 heterocycles. The summed E-state index contributed by atoms with van der Waals surface area (Å²) in [5, 5.41) is 7.09. The molecule has 2 aliphatic carbocycles. The van der Waals surface area contributed by atoms with Gasteiger partial charge in [0.05, 0.1) is 0 Å². The van der Waals surface area contributed by atoms with Crippen LogP contribution in [-0.4, -0.2) is 0 Å². The van der Waals surface area contributed by atoms with E-state index in [4.69, 9.17) is 0 Å². The largest absolute Gasteiger partial charge is 0.0754 e. The highest BCUT2D eigenvalue weighted by Gasteiger charge is 2.22. The van der Waals surface area contributed by atoms with Crippen LogP contribution in [0.4, 0.5) is 0 Å². The van der Waals surface area contributed by atoms with Crippen LogP contribution < -0.4 is 5.22 Å². The Hall–Kier alpha value is -2.34. The predicted molar refractivity (Wildman–Crippen MR) is 100 cm³/mol. The monoisotopic (exact) mass is 295 g/mol. The molecule has 0 nitrogen and oxygen atoms in total. The fraction of sp³-hybridized carbons (Fsp3) is 0.174. The molecule has 0 amide bonds. The minimum absolute atomic E-state index is 1.06. The van der Waals surface area contributed by atoms with E-state index < -0.39 is 0 Å². The van der Waals surface area contributed by atoms with Gasteiger partial charge in [-0.15, -0.1) is 0 Å². The van der Waals surface area contributed by atoms with E-state index in [-0.39, 0.29) is 0 Å². The smallest absolute Gasteiger partial charge is 0.0138 e. The average Bonchev–Trinajstić information content (AvgIpc) is 2.58. The van der Waals surface area contributed by atoms with Crippen LogP contribution >= 0.6 is 0 Å². The van der Waals surface area contributed by atoms with Gasteiger partial charge in [0, 0.05) is 6.42 Å². The van der Waals surface area contributed by atoms with Gasteiger partial charge >= 0.3 is 0 Å². The first-order chi connectivity index (χ1) is 11.2. The maximum Gasteiger partial charge on any atom is 0.0138 e. The molecule has 2 aliphatic rings. The SMILES string of the molecule is CC1=C2C=C[CH]c3c2c(c2cc(C)c(C)c4cccc3c42)=CC1. The summed E-state index contributed by atoms with van der Waals surface area (Å²) in [5.41, 5.74) is 8.54. The first-order valence-electron chi connectivity index (χ1n) is 8.37. The Morgan fingerprint density at radius 2 is 1.78 bits per heavy atom. The highest BCUT2D eigenvalue weighted by atomic mass is 14.3. The molecule has 0 aromatic heterocycles. The highest BCUT2D eigenvalue weighted by Crippen LogP contribution is 2.39. The van der Waals surface area contributed by atoms with Crippen molar-refractivity contribution in [1.82, 2.24) is 0 Å². The molecular weight excluding hydrogens is 276 g/mol. The minimum atomic E-state index is 1.06. The van der Waals surface area contributed by atoms with Gasteiger partial charge in [-0.25, -0.2) is 0 Å². The Kier molecular flexibility index (Phi) is 2.48. The number of allylic oxidation sites excluding steroid dienone is 4. The molecule has 0 fully saturated rings. The first kappa shape index (κ1) is 13.1. The van der Waals surface area contributed by atoms with Crippen molar-refractivity contribution in [2.45, 2.75) is 27.2 Å². The molecular formula is C23H19. The van der Waals surface area contributed by atoms with Crippen molar-refractivity contribution in [3.8, 4) is 0 Å². The minimum Gasteiger partial charge on any atom is -0.0754 e. The second-order valence-electron chi connectivity index (χ2n) is 6.92. The summed E-state index contributed by atoms with van der Waals surface area (Å²) in [5.74, 6) is 0. The van der Waals surface area contributed by atoms with Gasteiger partial charge in [-0.1, -0.05) is 48.1 Å². The number of hydrogen-bond donors (Lipinski definition) is 0. The quantitative estimate of drug-likeness (QED) is 0.520. The molecule has 5 rings (SSSR count). The zero-order valence-electron chi connectivity index (χ0n) is 13.8. The van der Waals surface area contributed by atoms with Gasteiger partial charge in [-0.05, 0) is 81.8 Å². The summed E-state index contributed by atoms with van der Waals surface area (Å²) in [4.78, 5) is 0. The second kappa shape index (κ2) is 4.35. The van der Waals surface area contributed by atoms with Crippen LogP contribution in [-0.2, 0) is 0 Å². The van der Waals surface area contributed by atoms with Crippen LogP contribution in [0.15, 0.2) is 42.0 Å². The van der Waals surface area contributed by atoms with Crippen molar-refractivity contribution < 1.29 is 0 Å². The molecule has 1 radical (unpaired) electrons. The summed E-state index contributed by atoms with van der Waals surface area (Å²) >= 11 is 0. The van der Waals surface area contributed by atoms with Gasteiger partial charge in [-0.2, -0.15) is 0 Å². The molecule has 0 unspecified atom stereocenters. The molecule has 0 spiro atoms. The van der Waals surface area contributed by atoms with E-state index >= 15 is 0 Å². The first-order valence-corrected chi connectivity index (χ1v) is 8.37. The van der Waals surface area contributed by atoms with Crippen LogP contribution in [0.2, 0.25) is 0 Å². The van der Waals surface area contributed by atoms with E-state index in [1.54, 1.807) is 0 Å². The third-order valence-electron chi connectivity index (χ3n) is 5.68. The van der Waals surface area contributed by atoms with Gasteiger partial charge in [0.15, 0.2) is 0 Å². The molecule has 0 saturated carbocycles. The van der Waals surface area contributed by atoms with Gasteiger partial charge < -0.3 is 0 Å². The predicted octanol–water partition coefficient (Wildman–Crippen LogP) is 5.41. The third-order valence-corrected chi connectivity index (χ3v) is 5.68. The average molecular weight is 295 g/mol. The fourth-order valence-electron chi connectivity index (χ4n) is 4.34. The number of benzene rings is 3. The molecule has 23 heavy (non-hydrogen) atoms. The molecule has 3 aromatic carbocycles. The van der Waals surface area contributed by atoms with Crippen LogP contribution in [0.5, 0.6) is 0 Å². The standard InChI is InChI=1S/C23H19/c1-13-10-11-20-21-12-14(2)15(3)17-7-5-9-19(23(17)21)18-8-4-6-16(13)22(18)20/h4-9,11-12H,10H2,1-3H3. The Bertz CT molecular complexity index is 1120. The molecule has 0 atom stereocenters. The van der Waals surface area contributed by atoms with E-state index in [1.807, 2.05) is 0 Å². The van der Waals surface area contributed by atoms with Crippen LogP contribution in [0.1, 0.15) is 35.6 Å². The number of hydrogen-bond acceptors (Lipinski definition) is 0. The van der Waals surface area contributed by atoms with Crippen LogP contribution in [0.25, 0.3) is 33.2 Å².